The fourth-order valence-corrected chi connectivity index (χ4v) is 2.29. The summed E-state index contributed by atoms with van der Waals surface area (Å²) < 4.78 is 0. The van der Waals surface area contributed by atoms with Crippen molar-refractivity contribution in [3.63, 3.8) is 0 Å². The summed E-state index contributed by atoms with van der Waals surface area (Å²) in [4.78, 5) is 0. The van der Waals surface area contributed by atoms with Crippen molar-refractivity contribution >= 4 is 11.6 Å². The molecule has 0 heterocycles. The fourth-order valence-electron chi connectivity index (χ4n) is 1.88. The fraction of sp³-hybridized carbons (Fsp3) is 0.571. The second-order valence-corrected chi connectivity index (χ2v) is 5.43. The first-order valence-electron chi connectivity index (χ1n) is 6.03. The number of benzene rings is 1. The smallest absolute Gasteiger partial charge is 0.0694 e. The highest BCUT2D eigenvalue weighted by molar-refractivity contribution is 6.31. The summed E-state index contributed by atoms with van der Waals surface area (Å²) in [6.45, 7) is 8.01. The largest absolute Gasteiger partial charge is 0.392 e. The molecule has 0 aliphatic carbocycles. The zero-order valence-electron chi connectivity index (χ0n) is 11.0. The van der Waals surface area contributed by atoms with Gasteiger partial charge in [-0.1, -0.05) is 24.6 Å². The summed E-state index contributed by atoms with van der Waals surface area (Å²) in [5, 5.41) is 10.6. The van der Waals surface area contributed by atoms with E-state index < -0.39 is 6.10 Å². The number of nitrogens with two attached hydrogens (primary N) is 1. The maximum absolute atomic E-state index is 9.80. The average molecular weight is 256 g/mol. The van der Waals surface area contributed by atoms with Crippen LogP contribution in [0.3, 0.4) is 0 Å². The zero-order valence-corrected chi connectivity index (χ0v) is 11.8. The van der Waals surface area contributed by atoms with E-state index in [1.807, 2.05) is 19.9 Å². The van der Waals surface area contributed by atoms with Crippen LogP contribution in [-0.2, 0) is 0 Å². The first kappa shape index (κ1) is 14.5. The minimum absolute atomic E-state index is 0.206. The highest BCUT2D eigenvalue weighted by atomic mass is 35.5. The maximum Gasteiger partial charge on any atom is 0.0694 e. The molecule has 0 radical (unpaired) electrons. The molecule has 17 heavy (non-hydrogen) atoms. The standard InChI is InChI=1S/C14H22ClNO/c1-8-5-12(13(15)6-9(8)2)10(3)7-14(17)11(4)16/h5-6,10-11,14,17H,7,16H2,1-4H3. The molecule has 0 amide bonds. The van der Waals surface area contributed by atoms with Gasteiger partial charge < -0.3 is 10.8 Å². The minimum atomic E-state index is -0.484. The van der Waals surface area contributed by atoms with Crippen LogP contribution in [0.1, 0.15) is 42.9 Å². The zero-order chi connectivity index (χ0) is 13.2. The van der Waals surface area contributed by atoms with Gasteiger partial charge in [0.25, 0.3) is 0 Å². The first-order valence-corrected chi connectivity index (χ1v) is 6.41. The lowest BCUT2D eigenvalue weighted by atomic mass is 9.91. The molecule has 0 saturated carbocycles. The summed E-state index contributed by atoms with van der Waals surface area (Å²) in [6, 6.07) is 3.89. The molecule has 0 spiro atoms. The summed E-state index contributed by atoms with van der Waals surface area (Å²) >= 11 is 6.25. The monoisotopic (exact) mass is 255 g/mol. The molecule has 0 aromatic heterocycles. The molecule has 0 fully saturated rings. The average Bonchev–Trinajstić information content (AvgIpc) is 2.22. The summed E-state index contributed by atoms with van der Waals surface area (Å²) in [5.74, 6) is 0.211. The van der Waals surface area contributed by atoms with Crippen LogP contribution in [0.5, 0.6) is 0 Å². The third-order valence-electron chi connectivity index (χ3n) is 3.35. The number of aliphatic hydroxyl groups excluding tert-OH is 1. The van der Waals surface area contributed by atoms with Crippen LogP contribution >= 0.6 is 11.6 Å². The molecule has 3 N–H and O–H groups in total. The predicted octanol–water partition coefficient (Wildman–Crippen LogP) is 3.16. The van der Waals surface area contributed by atoms with E-state index in [9.17, 15) is 5.11 Å². The van der Waals surface area contributed by atoms with Gasteiger partial charge in [-0.25, -0.2) is 0 Å². The lowest BCUT2D eigenvalue weighted by Gasteiger charge is -2.21. The van der Waals surface area contributed by atoms with E-state index in [0.29, 0.717) is 6.42 Å². The van der Waals surface area contributed by atoms with Crippen molar-refractivity contribution in [3.8, 4) is 0 Å². The van der Waals surface area contributed by atoms with Crippen LogP contribution in [0.4, 0.5) is 0 Å². The van der Waals surface area contributed by atoms with Crippen LogP contribution in [0, 0.1) is 13.8 Å². The van der Waals surface area contributed by atoms with Gasteiger partial charge in [0, 0.05) is 11.1 Å². The van der Waals surface area contributed by atoms with Gasteiger partial charge in [-0.15, -0.1) is 0 Å². The van der Waals surface area contributed by atoms with E-state index in [4.69, 9.17) is 17.3 Å². The normalized spacial score (nSPS) is 16.6. The van der Waals surface area contributed by atoms with E-state index in [2.05, 4.69) is 19.9 Å². The molecule has 0 aliphatic heterocycles. The Kier molecular flexibility index (Phi) is 4.99. The van der Waals surface area contributed by atoms with Crippen molar-refractivity contribution in [2.45, 2.75) is 52.2 Å². The molecule has 1 aromatic carbocycles. The molecule has 3 heteroatoms. The molecule has 1 rings (SSSR count). The van der Waals surface area contributed by atoms with Crippen molar-refractivity contribution in [3.05, 3.63) is 33.8 Å². The van der Waals surface area contributed by atoms with Gasteiger partial charge in [-0.2, -0.15) is 0 Å². The number of hydrogen-bond donors (Lipinski definition) is 2. The Morgan fingerprint density at radius 2 is 1.76 bits per heavy atom. The number of halogens is 1. The van der Waals surface area contributed by atoms with Gasteiger partial charge in [0.15, 0.2) is 0 Å². The number of aryl methyl sites for hydroxylation is 2. The number of aliphatic hydroxyl groups is 1. The van der Waals surface area contributed by atoms with Gasteiger partial charge in [0.05, 0.1) is 6.10 Å². The Bertz CT molecular complexity index is 390. The van der Waals surface area contributed by atoms with Crippen molar-refractivity contribution in [2.24, 2.45) is 5.73 Å². The summed E-state index contributed by atoms with van der Waals surface area (Å²) in [5.41, 5.74) is 9.18. The number of hydrogen-bond acceptors (Lipinski definition) is 2. The molecule has 3 unspecified atom stereocenters. The quantitative estimate of drug-likeness (QED) is 0.868. The Labute approximate surface area is 109 Å². The lowest BCUT2D eigenvalue weighted by Crippen LogP contribution is -2.32. The molecule has 96 valence electrons. The second kappa shape index (κ2) is 5.85. The van der Waals surface area contributed by atoms with Gasteiger partial charge in [-0.05, 0) is 55.9 Å². The maximum atomic E-state index is 9.80. The number of rotatable bonds is 4. The van der Waals surface area contributed by atoms with Gasteiger partial charge >= 0.3 is 0 Å². The van der Waals surface area contributed by atoms with E-state index >= 15 is 0 Å². The third-order valence-corrected chi connectivity index (χ3v) is 3.67. The van der Waals surface area contributed by atoms with Gasteiger partial charge in [0.2, 0.25) is 0 Å². The molecular formula is C14H22ClNO. The SMILES string of the molecule is Cc1cc(Cl)c(C(C)CC(O)C(C)N)cc1C. The topological polar surface area (TPSA) is 46.2 Å². The Hall–Kier alpha value is -0.570. The Morgan fingerprint density at radius 1 is 1.24 bits per heavy atom. The Morgan fingerprint density at radius 3 is 2.29 bits per heavy atom. The van der Waals surface area contributed by atoms with Gasteiger partial charge in [-0.3, -0.25) is 0 Å². The Balaban J connectivity index is 2.89. The highest BCUT2D eigenvalue weighted by Crippen LogP contribution is 2.30. The van der Waals surface area contributed by atoms with Crippen molar-refractivity contribution in [1.29, 1.82) is 0 Å². The molecule has 3 atom stereocenters. The van der Waals surface area contributed by atoms with Crippen molar-refractivity contribution in [1.82, 2.24) is 0 Å². The van der Waals surface area contributed by atoms with Crippen LogP contribution in [0.2, 0.25) is 5.02 Å². The van der Waals surface area contributed by atoms with Crippen LogP contribution < -0.4 is 5.73 Å². The molecular weight excluding hydrogens is 234 g/mol. The van der Waals surface area contributed by atoms with Crippen LogP contribution in [0.15, 0.2) is 12.1 Å². The van der Waals surface area contributed by atoms with E-state index in [-0.39, 0.29) is 12.0 Å². The third kappa shape index (κ3) is 3.70. The van der Waals surface area contributed by atoms with E-state index in [1.54, 1.807) is 0 Å². The predicted molar refractivity (Wildman–Crippen MR) is 73.6 cm³/mol. The van der Waals surface area contributed by atoms with Crippen molar-refractivity contribution in [2.75, 3.05) is 0 Å². The lowest BCUT2D eigenvalue weighted by molar-refractivity contribution is 0.134. The molecule has 0 bridgehead atoms. The summed E-state index contributed by atoms with van der Waals surface area (Å²) in [6.07, 6.45) is 0.155. The molecule has 2 nitrogen and oxygen atoms in total. The van der Waals surface area contributed by atoms with E-state index in [1.165, 1.54) is 11.1 Å². The van der Waals surface area contributed by atoms with Crippen molar-refractivity contribution < 1.29 is 5.11 Å². The van der Waals surface area contributed by atoms with E-state index in [0.717, 1.165) is 10.6 Å². The van der Waals surface area contributed by atoms with Gasteiger partial charge in [0.1, 0.15) is 0 Å². The molecule has 0 saturated heterocycles. The molecule has 1 aromatic rings. The second-order valence-electron chi connectivity index (χ2n) is 5.02. The first-order chi connectivity index (χ1) is 7.82. The van der Waals surface area contributed by atoms with Crippen LogP contribution in [-0.4, -0.2) is 17.3 Å². The highest BCUT2D eigenvalue weighted by Gasteiger charge is 2.17. The molecule has 0 aliphatic rings. The summed E-state index contributed by atoms with van der Waals surface area (Å²) in [7, 11) is 0. The minimum Gasteiger partial charge on any atom is -0.392 e. The van der Waals surface area contributed by atoms with Crippen LogP contribution in [0.25, 0.3) is 0 Å².